The van der Waals surface area contributed by atoms with Crippen molar-refractivity contribution in [2.24, 2.45) is 0 Å². The molecule has 0 radical (unpaired) electrons. The standard InChI is InChI=1S/C18H21N3/c1-11-17-14(4)21(13(3)16-9-7-6-8-10-16)15(5)18(17)12(2)20-19-11/h6-10,13H,1-5H3/t13-/m1/s1. The maximum Gasteiger partial charge on any atom is 0.0696 e. The molecule has 0 spiro atoms. The molecule has 0 aliphatic heterocycles. The van der Waals surface area contributed by atoms with Gasteiger partial charge in [0.2, 0.25) is 0 Å². The van der Waals surface area contributed by atoms with Gasteiger partial charge >= 0.3 is 0 Å². The fourth-order valence-electron chi connectivity index (χ4n) is 3.45. The lowest BCUT2D eigenvalue weighted by atomic mass is 10.1. The van der Waals surface area contributed by atoms with Gasteiger partial charge in [0.25, 0.3) is 0 Å². The van der Waals surface area contributed by atoms with E-state index in [0.29, 0.717) is 6.04 Å². The first kappa shape index (κ1) is 13.8. The van der Waals surface area contributed by atoms with E-state index in [2.05, 4.69) is 65.9 Å². The molecule has 0 aliphatic carbocycles. The third-order valence-electron chi connectivity index (χ3n) is 4.44. The molecule has 0 amide bonds. The molecule has 0 aliphatic rings. The first-order valence-electron chi connectivity index (χ1n) is 7.38. The average Bonchev–Trinajstić information content (AvgIpc) is 2.76. The molecular formula is C18H21N3. The quantitative estimate of drug-likeness (QED) is 0.701. The van der Waals surface area contributed by atoms with Crippen LogP contribution >= 0.6 is 0 Å². The number of benzene rings is 1. The van der Waals surface area contributed by atoms with Gasteiger partial charge in [0, 0.05) is 22.2 Å². The Morgan fingerprint density at radius 1 is 0.810 bits per heavy atom. The molecule has 0 bridgehead atoms. The predicted molar refractivity (Wildman–Crippen MR) is 86.7 cm³/mol. The van der Waals surface area contributed by atoms with Crippen LogP contribution in [0.15, 0.2) is 30.3 Å². The smallest absolute Gasteiger partial charge is 0.0696 e. The van der Waals surface area contributed by atoms with Crippen LogP contribution in [-0.4, -0.2) is 14.8 Å². The summed E-state index contributed by atoms with van der Waals surface area (Å²) in [4.78, 5) is 0. The second-order valence-corrected chi connectivity index (χ2v) is 5.75. The lowest BCUT2D eigenvalue weighted by molar-refractivity contribution is 0.613. The summed E-state index contributed by atoms with van der Waals surface area (Å²) in [6.45, 7) is 10.7. The summed E-state index contributed by atoms with van der Waals surface area (Å²) in [7, 11) is 0. The summed E-state index contributed by atoms with van der Waals surface area (Å²) in [5.74, 6) is 0. The van der Waals surface area contributed by atoms with E-state index in [4.69, 9.17) is 0 Å². The number of hydrogen-bond donors (Lipinski definition) is 0. The lowest BCUT2D eigenvalue weighted by Gasteiger charge is -2.19. The number of aromatic nitrogens is 3. The molecule has 3 heteroatoms. The number of fused-ring (bicyclic) bond motifs is 1. The Kier molecular flexibility index (Phi) is 3.28. The SMILES string of the molecule is Cc1nnc(C)c2c(C)n([C@H](C)c3ccccc3)c(C)c12. The van der Waals surface area contributed by atoms with Crippen molar-refractivity contribution in [3.8, 4) is 0 Å². The van der Waals surface area contributed by atoms with Crippen LogP contribution in [0, 0.1) is 27.7 Å². The van der Waals surface area contributed by atoms with Gasteiger partial charge in [-0.05, 0) is 40.2 Å². The first-order chi connectivity index (χ1) is 10.0. The lowest BCUT2D eigenvalue weighted by Crippen LogP contribution is -2.09. The molecule has 1 aromatic carbocycles. The molecule has 0 unspecified atom stereocenters. The van der Waals surface area contributed by atoms with E-state index >= 15 is 0 Å². The summed E-state index contributed by atoms with van der Waals surface area (Å²) in [5, 5.41) is 11.1. The Morgan fingerprint density at radius 2 is 1.29 bits per heavy atom. The van der Waals surface area contributed by atoms with Crippen molar-refractivity contribution in [1.29, 1.82) is 0 Å². The van der Waals surface area contributed by atoms with Gasteiger partial charge in [-0.15, -0.1) is 0 Å². The minimum absolute atomic E-state index is 0.303. The third kappa shape index (κ3) is 2.04. The molecule has 108 valence electrons. The fourth-order valence-corrected chi connectivity index (χ4v) is 3.45. The van der Waals surface area contributed by atoms with Gasteiger partial charge in [0.1, 0.15) is 0 Å². The topological polar surface area (TPSA) is 30.7 Å². The molecule has 21 heavy (non-hydrogen) atoms. The van der Waals surface area contributed by atoms with Gasteiger partial charge in [-0.25, -0.2) is 0 Å². The number of rotatable bonds is 2. The zero-order chi connectivity index (χ0) is 15.1. The number of hydrogen-bond acceptors (Lipinski definition) is 2. The zero-order valence-corrected chi connectivity index (χ0v) is 13.3. The molecule has 0 fully saturated rings. The summed E-state index contributed by atoms with van der Waals surface area (Å²) in [6, 6.07) is 10.9. The van der Waals surface area contributed by atoms with Crippen molar-refractivity contribution in [3.63, 3.8) is 0 Å². The van der Waals surface area contributed by atoms with Crippen LogP contribution in [0.2, 0.25) is 0 Å². The molecule has 2 heterocycles. The average molecular weight is 279 g/mol. The second kappa shape index (κ2) is 4.99. The van der Waals surface area contributed by atoms with Crippen LogP contribution < -0.4 is 0 Å². The van der Waals surface area contributed by atoms with Crippen LogP contribution in [0.25, 0.3) is 10.8 Å². The van der Waals surface area contributed by atoms with Crippen LogP contribution in [-0.2, 0) is 0 Å². The first-order valence-corrected chi connectivity index (χ1v) is 7.38. The van der Waals surface area contributed by atoms with Gasteiger partial charge in [0.05, 0.1) is 17.4 Å². The van der Waals surface area contributed by atoms with Gasteiger partial charge in [0.15, 0.2) is 0 Å². The second-order valence-electron chi connectivity index (χ2n) is 5.75. The van der Waals surface area contributed by atoms with E-state index in [0.717, 1.165) is 11.4 Å². The van der Waals surface area contributed by atoms with Crippen LogP contribution in [0.5, 0.6) is 0 Å². The van der Waals surface area contributed by atoms with Crippen LogP contribution in [0.3, 0.4) is 0 Å². The monoisotopic (exact) mass is 279 g/mol. The maximum absolute atomic E-state index is 4.29. The Morgan fingerprint density at radius 3 is 1.76 bits per heavy atom. The Labute approximate surface area is 125 Å². The predicted octanol–water partition coefficient (Wildman–Crippen LogP) is 4.27. The van der Waals surface area contributed by atoms with E-state index in [-0.39, 0.29) is 0 Å². The number of aryl methyl sites for hydroxylation is 4. The largest absolute Gasteiger partial charge is 0.341 e. The molecule has 0 saturated heterocycles. The molecular weight excluding hydrogens is 258 g/mol. The highest BCUT2D eigenvalue weighted by molar-refractivity contribution is 5.91. The van der Waals surface area contributed by atoms with Crippen molar-refractivity contribution in [3.05, 3.63) is 58.7 Å². The Hall–Kier alpha value is -2.16. The zero-order valence-electron chi connectivity index (χ0n) is 13.3. The highest BCUT2D eigenvalue weighted by Crippen LogP contribution is 2.33. The molecule has 0 N–H and O–H groups in total. The third-order valence-corrected chi connectivity index (χ3v) is 4.44. The Balaban J connectivity index is 2.29. The van der Waals surface area contributed by atoms with Crippen LogP contribution in [0.4, 0.5) is 0 Å². The molecule has 3 aromatic rings. The van der Waals surface area contributed by atoms with E-state index in [1.807, 2.05) is 13.8 Å². The van der Waals surface area contributed by atoms with E-state index in [1.54, 1.807) is 0 Å². The summed E-state index contributed by atoms with van der Waals surface area (Å²) >= 11 is 0. The van der Waals surface area contributed by atoms with E-state index in [9.17, 15) is 0 Å². The van der Waals surface area contributed by atoms with Crippen molar-refractivity contribution in [2.75, 3.05) is 0 Å². The van der Waals surface area contributed by atoms with Gasteiger partial charge in [-0.3, -0.25) is 0 Å². The van der Waals surface area contributed by atoms with Crippen molar-refractivity contribution in [1.82, 2.24) is 14.8 Å². The summed E-state index contributed by atoms with van der Waals surface area (Å²) in [5.41, 5.74) is 5.88. The van der Waals surface area contributed by atoms with Crippen molar-refractivity contribution >= 4 is 10.8 Å². The highest BCUT2D eigenvalue weighted by Gasteiger charge is 2.20. The van der Waals surface area contributed by atoms with Crippen molar-refractivity contribution < 1.29 is 0 Å². The summed E-state index contributed by atoms with van der Waals surface area (Å²) in [6.07, 6.45) is 0. The highest BCUT2D eigenvalue weighted by atomic mass is 15.1. The van der Waals surface area contributed by atoms with Crippen molar-refractivity contribution in [2.45, 2.75) is 40.7 Å². The minimum atomic E-state index is 0.303. The van der Waals surface area contributed by atoms with Gasteiger partial charge in [-0.2, -0.15) is 10.2 Å². The number of nitrogens with zero attached hydrogens (tertiary/aromatic N) is 3. The maximum atomic E-state index is 4.29. The fraction of sp³-hybridized carbons (Fsp3) is 0.333. The van der Waals surface area contributed by atoms with Gasteiger partial charge < -0.3 is 4.57 Å². The molecule has 2 aromatic heterocycles. The molecule has 0 saturated carbocycles. The van der Waals surface area contributed by atoms with Crippen LogP contribution in [0.1, 0.15) is 41.3 Å². The van der Waals surface area contributed by atoms with E-state index < -0.39 is 0 Å². The molecule has 3 nitrogen and oxygen atoms in total. The minimum Gasteiger partial charge on any atom is -0.341 e. The molecule has 1 atom stereocenters. The summed E-state index contributed by atoms with van der Waals surface area (Å²) < 4.78 is 2.41. The molecule has 3 rings (SSSR count). The van der Waals surface area contributed by atoms with Gasteiger partial charge in [-0.1, -0.05) is 30.3 Å². The Bertz CT molecular complexity index is 755. The normalized spacial score (nSPS) is 12.8. The van der Waals surface area contributed by atoms with E-state index in [1.165, 1.54) is 27.7 Å².